The minimum atomic E-state index is -0.859. The average molecular weight is 1640 g/mol. The first kappa shape index (κ1) is 81.6. The molecule has 8 unspecified atom stereocenters. The number of ketones is 1. The van der Waals surface area contributed by atoms with Crippen LogP contribution in [0.2, 0.25) is 0 Å². The average Bonchev–Trinajstić information content (AvgIpc) is 1.73. The number of ether oxygens (including phenoxy) is 1. The van der Waals surface area contributed by atoms with Crippen LogP contribution in [0.15, 0.2) is 146 Å². The van der Waals surface area contributed by atoms with E-state index < -0.39 is 22.2 Å². The third-order valence-corrected chi connectivity index (χ3v) is 20.4. The van der Waals surface area contributed by atoms with E-state index in [4.69, 9.17) is 32.2 Å². The number of carbonyl (C=O) groups is 4. The van der Waals surface area contributed by atoms with E-state index in [1.54, 1.807) is 11.3 Å². The van der Waals surface area contributed by atoms with Gasteiger partial charge in [0.1, 0.15) is 40.2 Å². The van der Waals surface area contributed by atoms with Crippen molar-refractivity contribution in [2.24, 2.45) is 17.2 Å². The van der Waals surface area contributed by atoms with Crippen LogP contribution in [0.25, 0.3) is 11.1 Å². The molecule has 8 atom stereocenters. The number of halogens is 5. The fourth-order valence-electron chi connectivity index (χ4n) is 13.6. The molecule has 500 valence electrons. The van der Waals surface area contributed by atoms with Crippen molar-refractivity contribution in [1.82, 2.24) is 30.6 Å². The van der Waals surface area contributed by atoms with Crippen molar-refractivity contribution in [2.75, 3.05) is 20.3 Å². The fraction of sp³-hybridized carbons (Fsp3) is 0.377. The topological polar surface area (TPSA) is 325 Å². The molecule has 5 aromatic carbocycles. The van der Waals surface area contributed by atoms with Crippen LogP contribution in [0.4, 0.5) is 4.79 Å². The molecule has 0 saturated carbocycles. The van der Waals surface area contributed by atoms with Gasteiger partial charge in [-0.05, 0) is 154 Å². The van der Waals surface area contributed by atoms with Gasteiger partial charge >= 0.3 is 49.2 Å². The Balaban J connectivity index is 0.000000247. The van der Waals surface area contributed by atoms with E-state index in [2.05, 4.69) is 167 Å². The monoisotopic (exact) mass is 1630 g/mol. The molecule has 3 amide bonds. The van der Waals surface area contributed by atoms with Gasteiger partial charge in [0.25, 0.3) is 5.91 Å². The second-order valence-corrected chi connectivity index (χ2v) is 28.5. The Morgan fingerprint density at radius 3 is 1.61 bits per heavy atom. The standard InChI is InChI=1S/C16H19N3O.C13H13BrN2O2.C12H14BrNO2.C12H16BrNO.C11H11BrO.C4H4BN2O2.CBrN.B.Na.H/c1-11-5-16(17,9-20)6-12-3-2-4-14(15(11)12)13-7-18-10-19-8-13;1-7-5-13(11(17)15-12(18)16-13)6-8-3-2-4-9(14)10(7)8;1-16-11(15)12(14)6-5-9-8(7-12)3-2-4-10(9)13;1-8-5-12(14,7-15)6-9-3-2-4-10(13)11(8)9;1-7-5-9(13)6-8-3-2-4-10(12)11(7)8;8-5-9-4-1-6-3-7-2-4;2-1-3;;;/h2-4,7-8,10-11,20H,5-6,9,17H2,1H3;2-4,7H,5-6H2,1H3,(H2,15,16,17,18);2-4H,5-7,14H2,1H3;2-4,8,15H,5-7,14H2,1H3;2-4,7H,5-6H2,1H3;1-3,8H;;;;/q;;;;;;;;+1;-1. The number of amides is 3. The molecule has 11 N–H and O–H groups in total. The Hall–Kier alpha value is -5.08. The number of urea groups is 1. The van der Waals surface area contributed by atoms with E-state index in [1.165, 1.54) is 75.9 Å². The van der Waals surface area contributed by atoms with E-state index in [0.717, 1.165) is 60.3 Å². The summed E-state index contributed by atoms with van der Waals surface area (Å²) in [7, 11) is 1.96. The van der Waals surface area contributed by atoms with Crippen LogP contribution in [0, 0.1) is 10.2 Å². The molecule has 27 heteroatoms. The summed E-state index contributed by atoms with van der Waals surface area (Å²) in [5.41, 5.74) is 30.6. The second-order valence-electron chi connectivity index (χ2n) is 24.7. The first-order chi connectivity index (χ1) is 44.8. The van der Waals surface area contributed by atoms with Gasteiger partial charge in [0.2, 0.25) is 0 Å². The Bertz CT molecular complexity index is 3860. The van der Waals surface area contributed by atoms with Crippen molar-refractivity contribution < 1.29 is 74.8 Å². The van der Waals surface area contributed by atoms with E-state index >= 15 is 0 Å². The van der Waals surface area contributed by atoms with Crippen LogP contribution in [-0.4, -0.2) is 117 Å². The fourth-order valence-corrected chi connectivity index (χ4v) is 16.6. The number of hydrogen-bond acceptors (Lipinski definition) is 17. The molecule has 13 rings (SSSR count). The van der Waals surface area contributed by atoms with Gasteiger partial charge in [-0.2, -0.15) is 5.26 Å². The second kappa shape index (κ2) is 37.4. The maximum atomic E-state index is 12.0. The van der Waals surface area contributed by atoms with Crippen molar-refractivity contribution in [2.45, 2.75) is 144 Å². The van der Waals surface area contributed by atoms with Crippen molar-refractivity contribution in [3.05, 3.63) is 202 Å². The normalized spacial score (nSPS) is 23.3. The number of fused-ring (bicyclic) bond motifs is 5. The molecule has 5 aliphatic carbocycles. The number of rotatable bonds is 6. The zero-order chi connectivity index (χ0) is 68.5. The third-order valence-electron chi connectivity index (χ3n) is 17.6. The Morgan fingerprint density at radius 1 is 0.667 bits per heavy atom. The molecule has 1 saturated heterocycles. The van der Waals surface area contributed by atoms with Gasteiger partial charge in [-0.25, -0.2) is 24.7 Å². The molecule has 96 heavy (non-hydrogen) atoms. The number of aliphatic hydroxyl groups is 2. The number of aromatic nitrogens is 4. The van der Waals surface area contributed by atoms with Crippen LogP contribution >= 0.6 is 79.6 Å². The molecule has 2 aromatic heterocycles. The predicted molar refractivity (Wildman–Crippen MR) is 386 cm³/mol. The SMILES string of the molecule is CC1CC(=O)Cc2cccc(Br)c21.CC1CC(N)(CO)Cc2cccc(-c3cncnc3)c21.CC1CC(N)(CO)Cc2cccc(Br)c21.CC1CC2(Cc3cccc(Br)c31)NC(=O)NC2=O.COC(=O)C1(N)CCc2c(Br)cccc2C1.N#CBr.O[B]Oc1cncnc1.[B].[H-].[Na+]. The van der Waals surface area contributed by atoms with E-state index in [9.17, 15) is 29.4 Å². The smallest absolute Gasteiger partial charge is 1.00 e. The number of Topliss-reactive ketones (excluding diaryl/α,β-unsaturated/α-hetero) is 1. The number of benzene rings is 5. The summed E-state index contributed by atoms with van der Waals surface area (Å²) in [5.74, 6) is 1.57. The number of esters is 1. The summed E-state index contributed by atoms with van der Waals surface area (Å²) >= 11 is 16.6. The van der Waals surface area contributed by atoms with Crippen molar-refractivity contribution >= 4 is 119 Å². The molecule has 0 bridgehead atoms. The van der Waals surface area contributed by atoms with Crippen molar-refractivity contribution in [3.63, 3.8) is 0 Å². The molecule has 6 aliphatic rings. The van der Waals surface area contributed by atoms with Crippen LogP contribution in [-0.2, 0) is 57.6 Å². The van der Waals surface area contributed by atoms with Gasteiger partial charge in [-0.3, -0.25) is 19.7 Å². The number of nitrogens with two attached hydrogens (primary N) is 3. The molecule has 7 aromatic rings. The Morgan fingerprint density at radius 2 is 1.11 bits per heavy atom. The third kappa shape index (κ3) is 20.8. The largest absolute Gasteiger partial charge is 1.00 e. The number of hydrogen-bond donors (Lipinski definition) is 8. The van der Waals surface area contributed by atoms with Gasteiger partial charge in [0.05, 0.1) is 32.7 Å². The van der Waals surface area contributed by atoms with Gasteiger partial charge in [0.15, 0.2) is 0 Å². The Kier molecular flexibility index (Phi) is 31.8. The number of carbonyl (C=O) groups excluding carboxylic acids is 4. The maximum absolute atomic E-state index is 12.0. The zero-order valence-corrected chi connectivity index (χ0v) is 64.4. The minimum Gasteiger partial charge on any atom is -1.00 e. The molecule has 19 nitrogen and oxygen atoms in total. The molecular formula is C69H78B2Br5N10NaO9. The predicted octanol–water partition coefficient (Wildman–Crippen LogP) is 8.00. The summed E-state index contributed by atoms with van der Waals surface area (Å²) in [6.45, 7) is 8.62. The van der Waals surface area contributed by atoms with E-state index in [1.807, 2.05) is 79.1 Å². The summed E-state index contributed by atoms with van der Waals surface area (Å²) in [4.78, 5) is 63.4. The number of nitriles is 1. The Labute approximate surface area is 629 Å². The maximum Gasteiger partial charge on any atom is 1.00 e. The van der Waals surface area contributed by atoms with Gasteiger partial charge in [0, 0.05) is 97.0 Å². The first-order valence-electron chi connectivity index (χ1n) is 30.4. The molecule has 3 heterocycles. The molecule has 4 radical (unpaired) electrons. The van der Waals surface area contributed by atoms with Crippen LogP contribution < -0.4 is 62.0 Å². The van der Waals surface area contributed by atoms with Crippen LogP contribution in [0.3, 0.4) is 0 Å². The van der Waals surface area contributed by atoms with Crippen LogP contribution in [0.1, 0.15) is 141 Å². The van der Waals surface area contributed by atoms with Crippen molar-refractivity contribution in [1.29, 1.82) is 5.26 Å². The van der Waals surface area contributed by atoms with Gasteiger partial charge < -0.3 is 48.6 Å². The molecule has 1 aliphatic heterocycles. The number of aliphatic hydroxyl groups excluding tert-OH is 2. The quantitative estimate of drug-likeness (QED) is 0.0444. The summed E-state index contributed by atoms with van der Waals surface area (Å²) < 4.78 is 13.7. The van der Waals surface area contributed by atoms with Gasteiger partial charge in [-0.15, -0.1) is 0 Å². The van der Waals surface area contributed by atoms with Gasteiger partial charge in [-0.1, -0.05) is 158 Å². The number of methoxy groups -OCH3 is 1. The summed E-state index contributed by atoms with van der Waals surface area (Å²) in [6.07, 6.45) is 17.1. The van der Waals surface area contributed by atoms with Crippen LogP contribution in [0.5, 0.6) is 5.75 Å². The van der Waals surface area contributed by atoms with E-state index in [0.29, 0.717) is 81.9 Å². The number of nitrogens with zero attached hydrogens (tertiary/aromatic N) is 5. The summed E-state index contributed by atoms with van der Waals surface area (Å²) in [5, 5.41) is 39.4. The minimum absolute atomic E-state index is 0. The number of imide groups is 1. The molecule has 1 spiro atoms. The first-order valence-corrected chi connectivity index (χ1v) is 34.4. The van der Waals surface area contributed by atoms with Crippen molar-refractivity contribution in [3.8, 4) is 21.9 Å². The summed E-state index contributed by atoms with van der Waals surface area (Å²) in [6, 6.07) is 30.2. The number of nitrogens with one attached hydrogen (secondary N) is 2. The van der Waals surface area contributed by atoms with E-state index in [-0.39, 0.29) is 76.4 Å². The molecular weight excluding hydrogens is 1560 g/mol. The zero-order valence-electron chi connectivity index (χ0n) is 55.4. The molecule has 1 fully saturated rings.